The van der Waals surface area contributed by atoms with Crippen LogP contribution < -0.4 is 15.2 Å². The molecule has 2 N–H and O–H groups in total. The van der Waals surface area contributed by atoms with Gasteiger partial charge in [-0.15, -0.1) is 0 Å². The smallest absolute Gasteiger partial charge is 0.126 e. The Morgan fingerprint density at radius 1 is 1.24 bits per heavy atom. The van der Waals surface area contributed by atoms with Crippen molar-refractivity contribution in [2.45, 2.75) is 25.5 Å². The second kappa shape index (κ2) is 5.70. The van der Waals surface area contributed by atoms with E-state index >= 15 is 0 Å². The lowest BCUT2D eigenvalue weighted by molar-refractivity contribution is 0.161. The summed E-state index contributed by atoms with van der Waals surface area (Å²) in [5.41, 5.74) is 9.61. The summed E-state index contributed by atoms with van der Waals surface area (Å²) in [5.74, 6) is 1.76. The van der Waals surface area contributed by atoms with Crippen LogP contribution in [0.4, 0.5) is 0 Å². The van der Waals surface area contributed by atoms with E-state index in [4.69, 9.17) is 15.2 Å². The first-order valence-electron chi connectivity index (χ1n) is 6.94. The van der Waals surface area contributed by atoms with Gasteiger partial charge in [0.1, 0.15) is 17.6 Å². The zero-order valence-electron chi connectivity index (χ0n) is 12.1. The summed E-state index contributed by atoms with van der Waals surface area (Å²) in [5, 5.41) is 0. The Kier molecular flexibility index (Phi) is 3.91. The van der Waals surface area contributed by atoms with Crippen LogP contribution in [0.2, 0.25) is 0 Å². The van der Waals surface area contributed by atoms with Gasteiger partial charge in [-0.25, -0.2) is 0 Å². The van der Waals surface area contributed by atoms with E-state index in [0.717, 1.165) is 39.1 Å². The van der Waals surface area contributed by atoms with Crippen LogP contribution in [-0.4, -0.2) is 7.11 Å². The van der Waals surface area contributed by atoms with E-state index in [1.165, 1.54) is 0 Å². The minimum absolute atomic E-state index is 0.0151. The number of halogens is 1. The molecular weight excluding hydrogens is 330 g/mol. The SMILES string of the molecule is COc1ccc(C2C[C@H](N)c3cc(Br)ccc3O2)cc1C. The zero-order chi connectivity index (χ0) is 15.0. The van der Waals surface area contributed by atoms with Gasteiger partial charge in [-0.1, -0.05) is 22.0 Å². The number of hydrogen-bond acceptors (Lipinski definition) is 3. The molecule has 0 spiro atoms. The molecule has 3 nitrogen and oxygen atoms in total. The molecule has 1 aliphatic rings. The van der Waals surface area contributed by atoms with Crippen molar-refractivity contribution in [3.05, 3.63) is 57.6 Å². The standard InChI is InChI=1S/C17H18BrNO2/c1-10-7-11(3-5-15(10)20-2)17-9-14(19)13-8-12(18)4-6-16(13)21-17/h3-8,14,17H,9,19H2,1-2H3/t14-,17?/m0/s1. The molecule has 3 rings (SSSR count). The van der Waals surface area contributed by atoms with Crippen molar-refractivity contribution in [1.29, 1.82) is 0 Å². The van der Waals surface area contributed by atoms with Gasteiger partial charge in [-0.2, -0.15) is 0 Å². The molecule has 0 saturated carbocycles. The van der Waals surface area contributed by atoms with Crippen molar-refractivity contribution < 1.29 is 9.47 Å². The fraction of sp³-hybridized carbons (Fsp3) is 0.294. The second-order valence-corrected chi connectivity index (χ2v) is 6.28. The minimum Gasteiger partial charge on any atom is -0.496 e. The van der Waals surface area contributed by atoms with Crippen molar-refractivity contribution in [3.63, 3.8) is 0 Å². The van der Waals surface area contributed by atoms with Crippen LogP contribution >= 0.6 is 15.9 Å². The van der Waals surface area contributed by atoms with E-state index in [-0.39, 0.29) is 12.1 Å². The predicted molar refractivity (Wildman–Crippen MR) is 86.8 cm³/mol. The van der Waals surface area contributed by atoms with Gasteiger partial charge < -0.3 is 15.2 Å². The Morgan fingerprint density at radius 2 is 2.05 bits per heavy atom. The molecule has 0 aliphatic carbocycles. The van der Waals surface area contributed by atoms with Crippen molar-refractivity contribution in [1.82, 2.24) is 0 Å². The summed E-state index contributed by atoms with van der Waals surface area (Å²) >= 11 is 3.48. The molecule has 0 amide bonds. The molecule has 0 fully saturated rings. The third-order valence-electron chi connectivity index (χ3n) is 3.90. The lowest BCUT2D eigenvalue weighted by Gasteiger charge is -2.31. The van der Waals surface area contributed by atoms with Crippen molar-refractivity contribution >= 4 is 15.9 Å². The number of benzene rings is 2. The molecule has 4 heteroatoms. The van der Waals surface area contributed by atoms with Crippen LogP contribution in [0.1, 0.15) is 35.3 Å². The molecule has 0 bridgehead atoms. The molecule has 1 unspecified atom stereocenters. The van der Waals surface area contributed by atoms with Gasteiger partial charge in [0, 0.05) is 22.5 Å². The third kappa shape index (κ3) is 2.78. The van der Waals surface area contributed by atoms with Gasteiger partial charge in [0.25, 0.3) is 0 Å². The normalized spacial score (nSPS) is 20.6. The van der Waals surface area contributed by atoms with Crippen molar-refractivity contribution in [3.8, 4) is 11.5 Å². The van der Waals surface area contributed by atoms with E-state index in [2.05, 4.69) is 22.0 Å². The van der Waals surface area contributed by atoms with Gasteiger partial charge in [0.2, 0.25) is 0 Å². The molecule has 2 aromatic rings. The summed E-state index contributed by atoms with van der Waals surface area (Å²) in [4.78, 5) is 0. The average molecular weight is 348 g/mol. The van der Waals surface area contributed by atoms with E-state index in [0.29, 0.717) is 0 Å². The van der Waals surface area contributed by atoms with Crippen LogP contribution in [0.25, 0.3) is 0 Å². The summed E-state index contributed by atoms with van der Waals surface area (Å²) in [7, 11) is 1.68. The number of methoxy groups -OCH3 is 1. The molecule has 21 heavy (non-hydrogen) atoms. The van der Waals surface area contributed by atoms with Crippen LogP contribution in [0.3, 0.4) is 0 Å². The molecule has 0 saturated heterocycles. The summed E-state index contributed by atoms with van der Waals surface area (Å²) in [6.45, 7) is 2.04. The molecule has 110 valence electrons. The highest BCUT2D eigenvalue weighted by Crippen LogP contribution is 2.41. The molecule has 0 radical (unpaired) electrons. The van der Waals surface area contributed by atoms with Gasteiger partial charge in [0.15, 0.2) is 0 Å². The molecule has 1 aliphatic heterocycles. The number of ether oxygens (including phenoxy) is 2. The summed E-state index contributed by atoms with van der Waals surface area (Å²) in [6, 6.07) is 12.1. The Morgan fingerprint density at radius 3 is 2.76 bits per heavy atom. The third-order valence-corrected chi connectivity index (χ3v) is 4.39. The highest BCUT2D eigenvalue weighted by Gasteiger charge is 2.27. The number of rotatable bonds is 2. The van der Waals surface area contributed by atoms with Crippen LogP contribution in [0.15, 0.2) is 40.9 Å². The minimum atomic E-state index is -0.0155. The quantitative estimate of drug-likeness (QED) is 0.881. The van der Waals surface area contributed by atoms with Crippen LogP contribution in [0, 0.1) is 6.92 Å². The predicted octanol–water partition coefficient (Wildman–Crippen LogP) is 4.29. The lowest BCUT2D eigenvalue weighted by atomic mass is 9.93. The van der Waals surface area contributed by atoms with E-state index in [1.807, 2.05) is 37.3 Å². The molecule has 0 aromatic heterocycles. The first-order valence-corrected chi connectivity index (χ1v) is 7.74. The molecule has 2 aromatic carbocycles. The van der Waals surface area contributed by atoms with E-state index < -0.39 is 0 Å². The number of hydrogen-bond donors (Lipinski definition) is 1. The van der Waals surface area contributed by atoms with Crippen LogP contribution in [0.5, 0.6) is 11.5 Å². The molecule has 1 heterocycles. The Bertz CT molecular complexity index is 672. The fourth-order valence-corrected chi connectivity index (χ4v) is 3.16. The summed E-state index contributed by atoms with van der Waals surface area (Å²) < 4.78 is 12.5. The highest BCUT2D eigenvalue weighted by molar-refractivity contribution is 9.10. The van der Waals surface area contributed by atoms with Crippen molar-refractivity contribution in [2.75, 3.05) is 7.11 Å². The number of fused-ring (bicyclic) bond motifs is 1. The molecule has 2 atom stereocenters. The van der Waals surface area contributed by atoms with E-state index in [9.17, 15) is 0 Å². The first-order chi connectivity index (χ1) is 10.1. The van der Waals surface area contributed by atoms with Gasteiger partial charge in [0.05, 0.1) is 7.11 Å². The largest absolute Gasteiger partial charge is 0.496 e. The van der Waals surface area contributed by atoms with E-state index in [1.54, 1.807) is 7.11 Å². The summed E-state index contributed by atoms with van der Waals surface area (Å²) in [6.07, 6.45) is 0.758. The Labute approximate surface area is 133 Å². The second-order valence-electron chi connectivity index (χ2n) is 5.36. The average Bonchev–Trinajstić information content (AvgIpc) is 2.47. The van der Waals surface area contributed by atoms with Gasteiger partial charge >= 0.3 is 0 Å². The Balaban J connectivity index is 1.92. The van der Waals surface area contributed by atoms with Gasteiger partial charge in [-0.05, 0) is 48.4 Å². The monoisotopic (exact) mass is 347 g/mol. The maximum atomic E-state index is 6.31. The number of nitrogens with two attached hydrogens (primary N) is 1. The zero-order valence-corrected chi connectivity index (χ0v) is 13.7. The van der Waals surface area contributed by atoms with Gasteiger partial charge in [-0.3, -0.25) is 0 Å². The Hall–Kier alpha value is -1.52. The first kappa shape index (κ1) is 14.4. The highest BCUT2D eigenvalue weighted by atomic mass is 79.9. The maximum Gasteiger partial charge on any atom is 0.126 e. The topological polar surface area (TPSA) is 44.5 Å². The fourth-order valence-electron chi connectivity index (χ4n) is 2.78. The van der Waals surface area contributed by atoms with Crippen LogP contribution in [-0.2, 0) is 0 Å². The lowest BCUT2D eigenvalue weighted by Crippen LogP contribution is -2.24. The van der Waals surface area contributed by atoms with Crippen molar-refractivity contribution in [2.24, 2.45) is 5.73 Å². The maximum absolute atomic E-state index is 6.31. The number of aryl methyl sites for hydroxylation is 1. The molecular formula is C17H18BrNO2.